The van der Waals surface area contributed by atoms with Crippen LogP contribution in [0.25, 0.3) is 5.00 Å². The third kappa shape index (κ3) is 2.46. The number of nitro groups is 1. The van der Waals surface area contributed by atoms with E-state index in [9.17, 15) is 20.0 Å². The van der Waals surface area contributed by atoms with Crippen molar-refractivity contribution in [1.82, 2.24) is 9.78 Å². The highest BCUT2D eigenvalue weighted by Crippen LogP contribution is 2.35. The minimum Gasteiger partial charge on any atom is -0.388 e. The summed E-state index contributed by atoms with van der Waals surface area (Å²) < 4.78 is 1.20. The summed E-state index contributed by atoms with van der Waals surface area (Å²) in [6.45, 7) is 1.51. The van der Waals surface area contributed by atoms with Crippen molar-refractivity contribution in [3.63, 3.8) is 0 Å². The molecule has 0 fully saturated rings. The number of hydrogen-bond donors (Lipinski definition) is 2. The Kier molecular flexibility index (Phi) is 3.32. The molecule has 1 amide bonds. The number of carbonyl (C=O) groups is 1. The number of carbonyl (C=O) groups excluding carboxylic acids is 1. The maximum atomic E-state index is 11.0. The molecule has 1 atom stereocenters. The van der Waals surface area contributed by atoms with Crippen LogP contribution in [0.3, 0.4) is 0 Å². The van der Waals surface area contributed by atoms with Crippen LogP contribution in [0, 0.1) is 10.1 Å². The van der Waals surface area contributed by atoms with Crippen LogP contribution in [0.4, 0.5) is 5.69 Å². The Morgan fingerprint density at radius 2 is 2.37 bits per heavy atom. The van der Waals surface area contributed by atoms with Gasteiger partial charge in [0.2, 0.25) is 0 Å². The Labute approximate surface area is 111 Å². The average molecular weight is 282 g/mol. The second-order valence-electron chi connectivity index (χ2n) is 3.78. The van der Waals surface area contributed by atoms with E-state index in [0.29, 0.717) is 4.88 Å². The SMILES string of the molecule is CC(O)c1cc([N+](=O)[O-])c(-n2ccc(C(N)=O)n2)s1. The van der Waals surface area contributed by atoms with Gasteiger partial charge in [0.05, 0.1) is 11.0 Å². The lowest BCUT2D eigenvalue weighted by molar-refractivity contribution is -0.384. The first-order chi connectivity index (χ1) is 8.90. The Morgan fingerprint density at radius 3 is 2.84 bits per heavy atom. The summed E-state index contributed by atoms with van der Waals surface area (Å²) in [6, 6.07) is 2.66. The fraction of sp³-hybridized carbons (Fsp3) is 0.200. The maximum Gasteiger partial charge on any atom is 0.306 e. The highest BCUT2D eigenvalue weighted by Gasteiger charge is 2.23. The van der Waals surface area contributed by atoms with Gasteiger partial charge in [0, 0.05) is 17.1 Å². The summed E-state index contributed by atoms with van der Waals surface area (Å²) in [4.78, 5) is 21.8. The van der Waals surface area contributed by atoms with E-state index in [4.69, 9.17) is 5.73 Å². The molecule has 2 aromatic heterocycles. The van der Waals surface area contributed by atoms with Crippen molar-refractivity contribution in [3.05, 3.63) is 39.0 Å². The fourth-order valence-corrected chi connectivity index (χ4v) is 2.46. The number of aromatic nitrogens is 2. The van der Waals surface area contributed by atoms with E-state index >= 15 is 0 Å². The molecule has 0 saturated carbocycles. The minimum atomic E-state index is -0.816. The third-order valence-corrected chi connectivity index (χ3v) is 3.65. The van der Waals surface area contributed by atoms with Gasteiger partial charge in [-0.2, -0.15) is 5.10 Å². The molecule has 8 nitrogen and oxygen atoms in total. The molecule has 0 aliphatic heterocycles. The van der Waals surface area contributed by atoms with Gasteiger partial charge >= 0.3 is 5.69 Å². The van der Waals surface area contributed by atoms with Crippen LogP contribution in [0.5, 0.6) is 0 Å². The zero-order valence-corrected chi connectivity index (χ0v) is 10.6. The van der Waals surface area contributed by atoms with Crippen molar-refractivity contribution in [2.75, 3.05) is 0 Å². The molecule has 100 valence electrons. The molecule has 0 aromatic carbocycles. The van der Waals surface area contributed by atoms with Crippen LogP contribution < -0.4 is 5.73 Å². The van der Waals surface area contributed by atoms with E-state index in [1.165, 1.54) is 29.9 Å². The predicted octanol–water partition coefficient (Wildman–Crippen LogP) is 0.994. The lowest BCUT2D eigenvalue weighted by atomic mass is 10.3. The van der Waals surface area contributed by atoms with Gasteiger partial charge in [0.25, 0.3) is 5.91 Å². The third-order valence-electron chi connectivity index (χ3n) is 2.37. The number of nitrogens with zero attached hydrogens (tertiary/aromatic N) is 3. The van der Waals surface area contributed by atoms with Gasteiger partial charge in [-0.15, -0.1) is 11.3 Å². The molecule has 2 aromatic rings. The second kappa shape index (κ2) is 4.78. The van der Waals surface area contributed by atoms with Crippen molar-refractivity contribution in [1.29, 1.82) is 0 Å². The molecule has 0 radical (unpaired) electrons. The zero-order valence-electron chi connectivity index (χ0n) is 9.81. The fourth-order valence-electron chi connectivity index (χ4n) is 1.46. The van der Waals surface area contributed by atoms with Crippen molar-refractivity contribution in [3.8, 4) is 5.00 Å². The molecule has 0 aliphatic rings. The van der Waals surface area contributed by atoms with Crippen LogP contribution in [-0.4, -0.2) is 25.7 Å². The summed E-state index contributed by atoms with van der Waals surface area (Å²) in [7, 11) is 0. The standard InChI is InChI=1S/C10H10N4O4S/c1-5(15)8-4-7(14(17)18)10(19-8)13-3-2-6(12-13)9(11)16/h2-5,15H,1H3,(H2,11,16). The Balaban J connectivity index is 2.53. The monoisotopic (exact) mass is 282 g/mol. The lowest BCUT2D eigenvalue weighted by Crippen LogP contribution is -2.12. The summed E-state index contributed by atoms with van der Waals surface area (Å²) in [5, 5.41) is 24.5. The van der Waals surface area contributed by atoms with Crippen LogP contribution in [-0.2, 0) is 0 Å². The van der Waals surface area contributed by atoms with Gasteiger partial charge in [0.15, 0.2) is 5.00 Å². The molecule has 9 heteroatoms. The van der Waals surface area contributed by atoms with E-state index in [2.05, 4.69) is 5.10 Å². The summed E-state index contributed by atoms with van der Waals surface area (Å²) in [6.07, 6.45) is 0.591. The number of aliphatic hydroxyl groups excluding tert-OH is 1. The number of thiophene rings is 1. The normalized spacial score (nSPS) is 12.3. The molecular formula is C10H10N4O4S. The summed E-state index contributed by atoms with van der Waals surface area (Å²) in [5.74, 6) is -0.714. The van der Waals surface area contributed by atoms with E-state index in [1.807, 2.05) is 0 Å². The van der Waals surface area contributed by atoms with Crippen molar-refractivity contribution < 1.29 is 14.8 Å². The van der Waals surface area contributed by atoms with Gasteiger partial charge < -0.3 is 10.8 Å². The first-order valence-electron chi connectivity index (χ1n) is 5.22. The molecule has 3 N–H and O–H groups in total. The number of primary amides is 1. The predicted molar refractivity (Wildman–Crippen MR) is 67.2 cm³/mol. The molecule has 2 rings (SSSR count). The summed E-state index contributed by atoms with van der Waals surface area (Å²) >= 11 is 1.03. The first kappa shape index (κ1) is 13.2. The summed E-state index contributed by atoms with van der Waals surface area (Å²) in [5.41, 5.74) is 4.91. The quantitative estimate of drug-likeness (QED) is 0.639. The molecule has 1 unspecified atom stereocenters. The molecular weight excluding hydrogens is 272 g/mol. The largest absolute Gasteiger partial charge is 0.388 e. The molecule has 0 saturated heterocycles. The van der Waals surface area contributed by atoms with Crippen LogP contribution in [0.15, 0.2) is 18.3 Å². The lowest BCUT2D eigenvalue weighted by Gasteiger charge is -1.97. The van der Waals surface area contributed by atoms with E-state index in [1.54, 1.807) is 0 Å². The van der Waals surface area contributed by atoms with Gasteiger partial charge in [-0.3, -0.25) is 14.9 Å². The average Bonchev–Trinajstić information content (AvgIpc) is 2.95. The number of hydrogen-bond acceptors (Lipinski definition) is 6. The van der Waals surface area contributed by atoms with Crippen molar-refractivity contribution >= 4 is 22.9 Å². The highest BCUT2D eigenvalue weighted by atomic mass is 32.1. The molecule has 0 spiro atoms. The van der Waals surface area contributed by atoms with E-state index < -0.39 is 16.9 Å². The van der Waals surface area contributed by atoms with Crippen molar-refractivity contribution in [2.45, 2.75) is 13.0 Å². The van der Waals surface area contributed by atoms with E-state index in [0.717, 1.165) is 11.3 Å². The number of rotatable bonds is 4. The van der Waals surface area contributed by atoms with Gasteiger partial charge in [-0.25, -0.2) is 4.68 Å². The second-order valence-corrected chi connectivity index (χ2v) is 4.84. The van der Waals surface area contributed by atoms with Crippen LogP contribution >= 0.6 is 11.3 Å². The Morgan fingerprint density at radius 1 is 1.68 bits per heavy atom. The van der Waals surface area contributed by atoms with Gasteiger partial charge in [-0.05, 0) is 13.0 Å². The van der Waals surface area contributed by atoms with Crippen LogP contribution in [0.2, 0.25) is 0 Å². The topological polar surface area (TPSA) is 124 Å². The maximum absolute atomic E-state index is 11.0. The van der Waals surface area contributed by atoms with E-state index in [-0.39, 0.29) is 16.4 Å². The molecule has 2 heterocycles. The highest BCUT2D eigenvalue weighted by molar-refractivity contribution is 7.15. The van der Waals surface area contributed by atoms with Crippen LogP contribution in [0.1, 0.15) is 28.4 Å². The molecule has 0 aliphatic carbocycles. The zero-order chi connectivity index (χ0) is 14.2. The number of amides is 1. The number of aliphatic hydroxyl groups is 1. The smallest absolute Gasteiger partial charge is 0.306 e. The molecule has 0 bridgehead atoms. The van der Waals surface area contributed by atoms with Crippen molar-refractivity contribution in [2.24, 2.45) is 5.73 Å². The number of nitrogens with two attached hydrogens (primary N) is 1. The first-order valence-corrected chi connectivity index (χ1v) is 6.04. The minimum absolute atomic E-state index is 0.0151. The van der Waals surface area contributed by atoms with Gasteiger partial charge in [-0.1, -0.05) is 0 Å². The molecule has 19 heavy (non-hydrogen) atoms. The van der Waals surface area contributed by atoms with Gasteiger partial charge in [0.1, 0.15) is 5.69 Å². The Hall–Kier alpha value is -2.26. The Bertz CT molecular complexity index is 646.